The van der Waals surface area contributed by atoms with Crippen molar-refractivity contribution in [2.24, 2.45) is 0 Å². The highest BCUT2D eigenvalue weighted by Crippen LogP contribution is 2.29. The first-order chi connectivity index (χ1) is 9.19. The lowest BCUT2D eigenvalue weighted by molar-refractivity contribution is 0.381. The molecule has 0 saturated heterocycles. The fraction of sp³-hybridized carbons (Fsp3) is 0.214. The number of aromatic nitrogens is 1. The number of nitrogens with zero attached hydrogens (tertiary/aromatic N) is 1. The number of methoxy groups -OCH3 is 1. The molecule has 1 heterocycles. The molecule has 1 aromatic carbocycles. The molecule has 0 aliphatic carbocycles. The van der Waals surface area contributed by atoms with Gasteiger partial charge in [0.2, 0.25) is 0 Å². The Morgan fingerprint density at radius 2 is 2.00 bits per heavy atom. The van der Waals surface area contributed by atoms with Gasteiger partial charge < -0.3 is 10.1 Å². The molecule has 1 N–H and O–H groups in total. The van der Waals surface area contributed by atoms with Crippen molar-refractivity contribution in [1.82, 2.24) is 10.3 Å². The molecule has 1 unspecified atom stereocenters. The first-order valence-corrected chi connectivity index (χ1v) is 5.79. The maximum absolute atomic E-state index is 14.2. The van der Waals surface area contributed by atoms with E-state index in [9.17, 15) is 8.78 Å². The van der Waals surface area contributed by atoms with Gasteiger partial charge in [-0.15, -0.1) is 0 Å². The molecule has 0 radical (unpaired) electrons. The Labute approximate surface area is 110 Å². The average Bonchev–Trinajstić information content (AvgIpc) is 2.43. The van der Waals surface area contributed by atoms with Crippen LogP contribution < -0.4 is 10.1 Å². The van der Waals surface area contributed by atoms with E-state index in [2.05, 4.69) is 10.3 Å². The summed E-state index contributed by atoms with van der Waals surface area (Å²) in [5, 5.41) is 2.87. The molecule has 0 saturated carbocycles. The van der Waals surface area contributed by atoms with Gasteiger partial charge in [-0.25, -0.2) is 8.78 Å². The Bertz CT molecular complexity index is 575. The van der Waals surface area contributed by atoms with Crippen LogP contribution in [-0.2, 0) is 0 Å². The minimum absolute atomic E-state index is 0.120. The van der Waals surface area contributed by atoms with Gasteiger partial charge in [0.1, 0.15) is 5.82 Å². The number of benzene rings is 1. The summed E-state index contributed by atoms with van der Waals surface area (Å²) in [6.45, 7) is 0. The first-order valence-electron chi connectivity index (χ1n) is 5.79. The summed E-state index contributed by atoms with van der Waals surface area (Å²) in [6, 6.07) is 6.87. The molecule has 5 heteroatoms. The van der Waals surface area contributed by atoms with Gasteiger partial charge in [-0.2, -0.15) is 0 Å². The lowest BCUT2D eigenvalue weighted by Crippen LogP contribution is -2.21. The number of pyridine rings is 1. The third-order valence-electron chi connectivity index (χ3n) is 2.87. The second-order valence-electron chi connectivity index (χ2n) is 3.96. The predicted molar refractivity (Wildman–Crippen MR) is 68.0 cm³/mol. The molecule has 1 atom stereocenters. The lowest BCUT2D eigenvalue weighted by Gasteiger charge is -2.18. The third-order valence-corrected chi connectivity index (χ3v) is 2.87. The van der Waals surface area contributed by atoms with Crippen LogP contribution in [0.25, 0.3) is 0 Å². The maximum Gasteiger partial charge on any atom is 0.170 e. The van der Waals surface area contributed by atoms with Crippen molar-refractivity contribution in [1.29, 1.82) is 0 Å². The van der Waals surface area contributed by atoms with Crippen molar-refractivity contribution in [2.75, 3.05) is 14.2 Å². The van der Waals surface area contributed by atoms with E-state index >= 15 is 0 Å². The minimum Gasteiger partial charge on any atom is -0.494 e. The number of hydrogen-bond acceptors (Lipinski definition) is 3. The van der Waals surface area contributed by atoms with Crippen molar-refractivity contribution in [3.63, 3.8) is 0 Å². The standard InChI is InChI=1S/C14H14F2N2O/c1-17-13(14-10(15)6-4-8-18-14)9-5-3-7-11(19-2)12(9)16/h3-8,13,17H,1-2H3. The van der Waals surface area contributed by atoms with Crippen molar-refractivity contribution < 1.29 is 13.5 Å². The van der Waals surface area contributed by atoms with Crippen LogP contribution in [0.5, 0.6) is 5.75 Å². The van der Waals surface area contributed by atoms with Crippen LogP contribution >= 0.6 is 0 Å². The number of rotatable bonds is 4. The normalized spacial score (nSPS) is 12.2. The second kappa shape index (κ2) is 5.75. The van der Waals surface area contributed by atoms with Crippen molar-refractivity contribution in [3.8, 4) is 5.75 Å². The highest BCUT2D eigenvalue weighted by molar-refractivity contribution is 5.36. The zero-order valence-electron chi connectivity index (χ0n) is 10.7. The van der Waals surface area contributed by atoms with E-state index in [1.807, 2.05) is 0 Å². The van der Waals surface area contributed by atoms with Crippen LogP contribution in [0, 0.1) is 11.6 Å². The maximum atomic E-state index is 14.2. The largest absolute Gasteiger partial charge is 0.494 e. The van der Waals surface area contributed by atoms with Gasteiger partial charge in [-0.1, -0.05) is 12.1 Å². The van der Waals surface area contributed by atoms with E-state index in [4.69, 9.17) is 4.74 Å². The molecule has 0 aliphatic rings. The second-order valence-corrected chi connectivity index (χ2v) is 3.96. The van der Waals surface area contributed by atoms with E-state index in [1.165, 1.54) is 31.5 Å². The minimum atomic E-state index is -0.670. The highest BCUT2D eigenvalue weighted by atomic mass is 19.1. The van der Waals surface area contributed by atoms with Gasteiger partial charge in [0.25, 0.3) is 0 Å². The molecule has 0 amide bonds. The molecule has 100 valence electrons. The third kappa shape index (κ3) is 2.56. The van der Waals surface area contributed by atoms with Gasteiger partial charge in [0.05, 0.1) is 18.8 Å². The summed E-state index contributed by atoms with van der Waals surface area (Å²) in [6.07, 6.45) is 1.47. The lowest BCUT2D eigenvalue weighted by atomic mass is 10.0. The Hall–Kier alpha value is -2.01. The number of nitrogens with one attached hydrogen (secondary N) is 1. The van der Waals surface area contributed by atoms with Crippen LogP contribution in [0.4, 0.5) is 8.78 Å². The molecular weight excluding hydrogens is 250 g/mol. The van der Waals surface area contributed by atoms with Crippen molar-refractivity contribution >= 4 is 0 Å². The van der Waals surface area contributed by atoms with Crippen LogP contribution in [0.15, 0.2) is 36.5 Å². The Morgan fingerprint density at radius 1 is 1.21 bits per heavy atom. The van der Waals surface area contributed by atoms with Crippen molar-refractivity contribution in [2.45, 2.75) is 6.04 Å². The van der Waals surface area contributed by atoms with Crippen LogP contribution in [0.1, 0.15) is 17.3 Å². The summed E-state index contributed by atoms with van der Waals surface area (Å²) in [5.74, 6) is -0.882. The van der Waals surface area contributed by atoms with Gasteiger partial charge in [-0.05, 0) is 25.2 Å². The van der Waals surface area contributed by atoms with E-state index < -0.39 is 17.7 Å². The van der Waals surface area contributed by atoms with Gasteiger partial charge in [-0.3, -0.25) is 4.98 Å². The Morgan fingerprint density at radius 3 is 2.63 bits per heavy atom. The summed E-state index contributed by atoms with van der Waals surface area (Å²) < 4.78 is 32.9. The van der Waals surface area contributed by atoms with Gasteiger partial charge in [0, 0.05) is 11.8 Å². The SMILES string of the molecule is CNC(c1cccc(OC)c1F)c1ncccc1F. The van der Waals surface area contributed by atoms with Crippen molar-refractivity contribution in [3.05, 3.63) is 59.4 Å². The predicted octanol–water partition coefficient (Wildman–Crippen LogP) is 2.68. The van der Waals surface area contributed by atoms with E-state index in [0.29, 0.717) is 5.56 Å². The molecule has 19 heavy (non-hydrogen) atoms. The fourth-order valence-corrected chi connectivity index (χ4v) is 1.96. The van der Waals surface area contributed by atoms with E-state index in [-0.39, 0.29) is 11.4 Å². The molecule has 2 aromatic rings. The average molecular weight is 264 g/mol. The van der Waals surface area contributed by atoms with Gasteiger partial charge >= 0.3 is 0 Å². The molecule has 0 bridgehead atoms. The molecule has 0 fully saturated rings. The zero-order chi connectivity index (χ0) is 13.8. The molecule has 0 spiro atoms. The molecule has 1 aromatic heterocycles. The summed E-state index contributed by atoms with van der Waals surface area (Å²) in [7, 11) is 3.01. The summed E-state index contributed by atoms with van der Waals surface area (Å²) in [4.78, 5) is 3.98. The highest BCUT2D eigenvalue weighted by Gasteiger charge is 2.22. The number of hydrogen-bond donors (Lipinski definition) is 1. The Kier molecular flexibility index (Phi) is 4.06. The Balaban J connectivity index is 2.52. The van der Waals surface area contributed by atoms with Crippen LogP contribution in [0.2, 0.25) is 0 Å². The molecular formula is C14H14F2N2O. The molecule has 0 aliphatic heterocycles. The van der Waals surface area contributed by atoms with E-state index in [0.717, 1.165) is 0 Å². The van der Waals surface area contributed by atoms with Crippen LogP contribution in [-0.4, -0.2) is 19.1 Å². The quantitative estimate of drug-likeness (QED) is 0.922. The van der Waals surface area contributed by atoms with Gasteiger partial charge in [0.15, 0.2) is 11.6 Å². The zero-order valence-corrected chi connectivity index (χ0v) is 10.7. The number of halogens is 2. The van der Waals surface area contributed by atoms with E-state index in [1.54, 1.807) is 19.2 Å². The number of ether oxygens (including phenoxy) is 1. The fourth-order valence-electron chi connectivity index (χ4n) is 1.96. The first kappa shape index (κ1) is 13.4. The molecule has 3 nitrogen and oxygen atoms in total. The summed E-state index contributed by atoms with van der Waals surface area (Å²) >= 11 is 0. The summed E-state index contributed by atoms with van der Waals surface area (Å²) in [5.41, 5.74) is 0.441. The monoisotopic (exact) mass is 264 g/mol. The van der Waals surface area contributed by atoms with Crippen LogP contribution in [0.3, 0.4) is 0 Å². The molecule has 2 rings (SSSR count). The topological polar surface area (TPSA) is 34.1 Å². The smallest absolute Gasteiger partial charge is 0.170 e.